The Labute approximate surface area is 124 Å². The van der Waals surface area contributed by atoms with E-state index < -0.39 is 5.97 Å². The average molecular weight is 286 g/mol. The van der Waals surface area contributed by atoms with Crippen molar-refractivity contribution in [2.75, 3.05) is 14.2 Å². The zero-order valence-corrected chi connectivity index (χ0v) is 12.6. The number of benzene rings is 2. The molecular weight excluding hydrogens is 268 g/mol. The van der Waals surface area contributed by atoms with Crippen molar-refractivity contribution in [2.45, 2.75) is 13.8 Å². The molecule has 0 atom stereocenters. The Hall–Kier alpha value is -2.49. The highest BCUT2D eigenvalue weighted by Gasteiger charge is 2.16. The highest BCUT2D eigenvalue weighted by Crippen LogP contribution is 2.27. The lowest BCUT2D eigenvalue weighted by Gasteiger charge is -2.11. The first kappa shape index (κ1) is 14.9. The number of carbonyl (C=O) groups is 1. The van der Waals surface area contributed by atoms with Crippen LogP contribution in [0.25, 0.3) is 0 Å². The zero-order chi connectivity index (χ0) is 15.4. The predicted octanol–water partition coefficient (Wildman–Crippen LogP) is 3.54. The molecule has 4 heteroatoms. The van der Waals surface area contributed by atoms with Crippen molar-refractivity contribution in [1.29, 1.82) is 0 Å². The lowest BCUT2D eigenvalue weighted by Crippen LogP contribution is -2.11. The first-order valence-corrected chi connectivity index (χ1v) is 6.56. The second-order valence-corrected chi connectivity index (χ2v) is 4.72. The number of hydrogen-bond donors (Lipinski definition) is 0. The molecule has 21 heavy (non-hydrogen) atoms. The van der Waals surface area contributed by atoms with Crippen molar-refractivity contribution in [3.05, 3.63) is 53.1 Å². The summed E-state index contributed by atoms with van der Waals surface area (Å²) in [5.74, 6) is 1.13. The number of aryl methyl sites for hydroxylation is 2. The molecule has 0 N–H and O–H groups in total. The summed E-state index contributed by atoms with van der Waals surface area (Å²) in [7, 11) is 3.06. The van der Waals surface area contributed by atoms with Crippen molar-refractivity contribution in [3.63, 3.8) is 0 Å². The minimum atomic E-state index is -0.457. The molecule has 0 amide bonds. The molecule has 0 saturated heterocycles. The van der Waals surface area contributed by atoms with Crippen molar-refractivity contribution in [1.82, 2.24) is 0 Å². The van der Waals surface area contributed by atoms with Gasteiger partial charge in [0.15, 0.2) is 0 Å². The zero-order valence-electron chi connectivity index (χ0n) is 12.6. The lowest BCUT2D eigenvalue weighted by molar-refractivity contribution is 0.0730. The molecule has 0 aromatic heterocycles. The van der Waals surface area contributed by atoms with Gasteiger partial charge in [0.2, 0.25) is 0 Å². The maximum Gasteiger partial charge on any atom is 0.347 e. The van der Waals surface area contributed by atoms with Gasteiger partial charge in [-0.05, 0) is 37.6 Å². The predicted molar refractivity (Wildman–Crippen MR) is 80.4 cm³/mol. The topological polar surface area (TPSA) is 44.8 Å². The van der Waals surface area contributed by atoms with Gasteiger partial charge in [-0.15, -0.1) is 0 Å². The molecule has 0 unspecified atom stereocenters. The molecule has 0 aliphatic carbocycles. The summed E-state index contributed by atoms with van der Waals surface area (Å²) < 4.78 is 15.8. The van der Waals surface area contributed by atoms with E-state index in [1.807, 2.05) is 26.0 Å². The monoisotopic (exact) mass is 286 g/mol. The highest BCUT2D eigenvalue weighted by atomic mass is 16.5. The first-order valence-electron chi connectivity index (χ1n) is 6.56. The average Bonchev–Trinajstić information content (AvgIpc) is 2.49. The van der Waals surface area contributed by atoms with Crippen LogP contribution in [-0.2, 0) is 0 Å². The fraction of sp³-hybridized carbons (Fsp3) is 0.235. The van der Waals surface area contributed by atoms with Gasteiger partial charge in [0.25, 0.3) is 0 Å². The van der Waals surface area contributed by atoms with E-state index in [2.05, 4.69) is 0 Å². The maximum absolute atomic E-state index is 12.3. The van der Waals surface area contributed by atoms with Crippen LogP contribution in [0.1, 0.15) is 21.5 Å². The minimum Gasteiger partial charge on any atom is -0.497 e. The Kier molecular flexibility index (Phi) is 4.48. The Morgan fingerprint density at radius 1 is 0.905 bits per heavy atom. The smallest absolute Gasteiger partial charge is 0.347 e. The van der Waals surface area contributed by atoms with E-state index >= 15 is 0 Å². The van der Waals surface area contributed by atoms with Crippen molar-refractivity contribution in [3.8, 4) is 17.2 Å². The Morgan fingerprint density at radius 2 is 1.67 bits per heavy atom. The molecule has 2 aromatic carbocycles. The van der Waals surface area contributed by atoms with Gasteiger partial charge in [0.1, 0.15) is 22.8 Å². The SMILES string of the molecule is COc1ccc(C(=O)Oc2ccc(C)cc2C)c(OC)c1. The molecule has 0 fully saturated rings. The summed E-state index contributed by atoms with van der Waals surface area (Å²) in [4.78, 5) is 12.3. The van der Waals surface area contributed by atoms with Crippen LogP contribution in [0, 0.1) is 13.8 Å². The molecule has 0 saturated carbocycles. The van der Waals surface area contributed by atoms with E-state index in [4.69, 9.17) is 14.2 Å². The van der Waals surface area contributed by atoms with E-state index in [0.29, 0.717) is 22.8 Å². The largest absolute Gasteiger partial charge is 0.497 e. The fourth-order valence-corrected chi connectivity index (χ4v) is 2.04. The first-order chi connectivity index (χ1) is 10.0. The summed E-state index contributed by atoms with van der Waals surface area (Å²) in [6, 6.07) is 10.6. The molecule has 0 radical (unpaired) electrons. The van der Waals surface area contributed by atoms with E-state index in [1.165, 1.54) is 7.11 Å². The molecule has 0 aliphatic heterocycles. The maximum atomic E-state index is 12.3. The summed E-state index contributed by atoms with van der Waals surface area (Å²) in [6.07, 6.45) is 0. The Morgan fingerprint density at radius 3 is 2.29 bits per heavy atom. The van der Waals surface area contributed by atoms with Gasteiger partial charge in [-0.3, -0.25) is 0 Å². The number of rotatable bonds is 4. The van der Waals surface area contributed by atoms with Crippen molar-refractivity contribution < 1.29 is 19.0 Å². The molecule has 4 nitrogen and oxygen atoms in total. The summed E-state index contributed by atoms with van der Waals surface area (Å²) in [6.45, 7) is 3.89. The standard InChI is InChI=1S/C17H18O4/c1-11-5-8-15(12(2)9-11)21-17(18)14-7-6-13(19-3)10-16(14)20-4/h5-10H,1-4H3. The Balaban J connectivity index is 2.28. The number of methoxy groups -OCH3 is 2. The van der Waals surface area contributed by atoms with Gasteiger partial charge in [-0.2, -0.15) is 0 Å². The number of ether oxygens (including phenoxy) is 3. The number of carbonyl (C=O) groups excluding carboxylic acids is 1. The van der Waals surface area contributed by atoms with E-state index in [9.17, 15) is 4.79 Å². The van der Waals surface area contributed by atoms with E-state index in [1.54, 1.807) is 31.4 Å². The third kappa shape index (κ3) is 3.34. The van der Waals surface area contributed by atoms with Gasteiger partial charge in [0.05, 0.1) is 14.2 Å². The van der Waals surface area contributed by atoms with Gasteiger partial charge < -0.3 is 14.2 Å². The Bertz CT molecular complexity index is 662. The molecule has 0 aliphatic rings. The van der Waals surface area contributed by atoms with Gasteiger partial charge in [-0.1, -0.05) is 17.7 Å². The summed E-state index contributed by atoms with van der Waals surface area (Å²) >= 11 is 0. The van der Waals surface area contributed by atoms with Crippen LogP contribution in [0.15, 0.2) is 36.4 Å². The highest BCUT2D eigenvalue weighted by molar-refractivity contribution is 5.94. The van der Waals surface area contributed by atoms with Crippen LogP contribution in [0.4, 0.5) is 0 Å². The summed E-state index contributed by atoms with van der Waals surface area (Å²) in [5, 5.41) is 0. The molecule has 2 rings (SSSR count). The lowest BCUT2D eigenvalue weighted by atomic mass is 10.1. The minimum absolute atomic E-state index is 0.360. The third-order valence-electron chi connectivity index (χ3n) is 3.16. The summed E-state index contributed by atoms with van der Waals surface area (Å²) in [5.41, 5.74) is 2.39. The van der Waals surface area contributed by atoms with Crippen molar-refractivity contribution >= 4 is 5.97 Å². The van der Waals surface area contributed by atoms with Crippen molar-refractivity contribution in [2.24, 2.45) is 0 Å². The molecule has 2 aromatic rings. The van der Waals surface area contributed by atoms with Crippen LogP contribution in [0.5, 0.6) is 17.2 Å². The van der Waals surface area contributed by atoms with E-state index in [-0.39, 0.29) is 0 Å². The molecule has 0 spiro atoms. The molecule has 110 valence electrons. The van der Waals surface area contributed by atoms with Crippen LogP contribution < -0.4 is 14.2 Å². The van der Waals surface area contributed by atoms with Gasteiger partial charge in [-0.25, -0.2) is 4.79 Å². The molecule has 0 bridgehead atoms. The molecule has 0 heterocycles. The molecular formula is C17H18O4. The normalized spacial score (nSPS) is 10.1. The van der Waals surface area contributed by atoms with Gasteiger partial charge in [0, 0.05) is 6.07 Å². The van der Waals surface area contributed by atoms with Crippen LogP contribution in [-0.4, -0.2) is 20.2 Å². The van der Waals surface area contributed by atoms with Crippen LogP contribution in [0.3, 0.4) is 0 Å². The third-order valence-corrected chi connectivity index (χ3v) is 3.16. The quantitative estimate of drug-likeness (QED) is 0.637. The van der Waals surface area contributed by atoms with E-state index in [0.717, 1.165) is 11.1 Å². The van der Waals surface area contributed by atoms with Crippen LogP contribution >= 0.6 is 0 Å². The van der Waals surface area contributed by atoms with Gasteiger partial charge >= 0.3 is 5.97 Å². The number of esters is 1. The second-order valence-electron chi connectivity index (χ2n) is 4.72. The van der Waals surface area contributed by atoms with Crippen LogP contribution in [0.2, 0.25) is 0 Å². The number of hydrogen-bond acceptors (Lipinski definition) is 4. The second kappa shape index (κ2) is 6.31. The fourth-order valence-electron chi connectivity index (χ4n) is 2.04.